The number of nitrogens with zero attached hydrogens (tertiary/aromatic N) is 2. The lowest BCUT2D eigenvalue weighted by molar-refractivity contribution is 0.0944. The number of rotatable bonds is 3. The van der Waals surface area contributed by atoms with E-state index < -0.39 is 0 Å². The van der Waals surface area contributed by atoms with Crippen molar-refractivity contribution >= 4 is 16.9 Å². The van der Waals surface area contributed by atoms with Gasteiger partial charge in [0.2, 0.25) is 0 Å². The van der Waals surface area contributed by atoms with Crippen molar-refractivity contribution in [1.29, 1.82) is 0 Å². The van der Waals surface area contributed by atoms with Crippen molar-refractivity contribution in [1.82, 2.24) is 25.5 Å². The molecular weight excluding hydrogens is 258 g/mol. The molecule has 1 amide bonds. The SMILES string of the molecule is O=C(NCc1nc2ccccc2[nH]1)c1ccc(=O)[nH]n1. The van der Waals surface area contributed by atoms with Crippen LogP contribution in [0.15, 0.2) is 41.2 Å². The molecule has 3 aromatic rings. The minimum atomic E-state index is -0.373. The third-order valence-corrected chi connectivity index (χ3v) is 2.77. The molecule has 0 radical (unpaired) electrons. The number of nitrogens with one attached hydrogen (secondary N) is 3. The van der Waals surface area contributed by atoms with E-state index in [1.54, 1.807) is 0 Å². The minimum Gasteiger partial charge on any atom is -0.343 e. The number of aromatic amines is 2. The Hall–Kier alpha value is -2.96. The summed E-state index contributed by atoms with van der Waals surface area (Å²) in [5.74, 6) is 0.283. The van der Waals surface area contributed by atoms with E-state index in [1.807, 2.05) is 24.3 Å². The second-order valence-corrected chi connectivity index (χ2v) is 4.19. The standard InChI is InChI=1S/C13H11N5O2/c19-12-6-5-10(17-18-12)13(20)14-7-11-15-8-3-1-2-4-9(8)16-11/h1-6H,7H2,(H,14,20)(H,15,16)(H,18,19). The van der Waals surface area contributed by atoms with E-state index in [0.717, 1.165) is 11.0 Å². The largest absolute Gasteiger partial charge is 0.343 e. The summed E-state index contributed by atoms with van der Waals surface area (Å²) in [6, 6.07) is 10.2. The normalized spacial score (nSPS) is 10.6. The fourth-order valence-corrected chi connectivity index (χ4v) is 1.81. The predicted molar refractivity (Wildman–Crippen MR) is 72.1 cm³/mol. The fraction of sp³-hybridized carbons (Fsp3) is 0.0769. The molecule has 2 aromatic heterocycles. The quantitative estimate of drug-likeness (QED) is 0.646. The number of H-pyrrole nitrogens is 2. The number of para-hydroxylation sites is 2. The number of hydrogen-bond donors (Lipinski definition) is 3. The van der Waals surface area contributed by atoms with Crippen LogP contribution < -0.4 is 10.9 Å². The maximum absolute atomic E-state index is 11.8. The van der Waals surface area contributed by atoms with Crippen LogP contribution in [-0.4, -0.2) is 26.1 Å². The van der Waals surface area contributed by atoms with Crippen LogP contribution in [0, 0.1) is 0 Å². The van der Waals surface area contributed by atoms with Crippen molar-refractivity contribution in [3.63, 3.8) is 0 Å². The third kappa shape index (κ3) is 2.41. The van der Waals surface area contributed by atoms with Crippen molar-refractivity contribution < 1.29 is 4.79 Å². The third-order valence-electron chi connectivity index (χ3n) is 2.77. The molecule has 0 unspecified atom stereocenters. The smallest absolute Gasteiger partial charge is 0.272 e. The van der Waals surface area contributed by atoms with E-state index in [2.05, 4.69) is 25.5 Å². The van der Waals surface area contributed by atoms with Crippen molar-refractivity contribution in [2.24, 2.45) is 0 Å². The molecule has 100 valence electrons. The first-order chi connectivity index (χ1) is 9.72. The molecule has 0 saturated heterocycles. The van der Waals surface area contributed by atoms with Crippen LogP contribution >= 0.6 is 0 Å². The molecule has 3 N–H and O–H groups in total. The first-order valence-corrected chi connectivity index (χ1v) is 6.00. The average molecular weight is 269 g/mol. The van der Waals surface area contributed by atoms with Gasteiger partial charge < -0.3 is 10.3 Å². The van der Waals surface area contributed by atoms with E-state index in [1.165, 1.54) is 12.1 Å². The Morgan fingerprint density at radius 2 is 2.05 bits per heavy atom. The van der Waals surface area contributed by atoms with Crippen molar-refractivity contribution in [3.8, 4) is 0 Å². The second-order valence-electron chi connectivity index (χ2n) is 4.19. The molecule has 7 nitrogen and oxygen atoms in total. The van der Waals surface area contributed by atoms with Crippen LogP contribution in [0.5, 0.6) is 0 Å². The van der Waals surface area contributed by atoms with Crippen LogP contribution in [0.3, 0.4) is 0 Å². The lowest BCUT2D eigenvalue weighted by Crippen LogP contribution is -2.25. The number of carbonyl (C=O) groups excluding carboxylic acids is 1. The highest BCUT2D eigenvalue weighted by molar-refractivity contribution is 5.91. The van der Waals surface area contributed by atoms with Gasteiger partial charge >= 0.3 is 0 Å². The Morgan fingerprint density at radius 3 is 2.80 bits per heavy atom. The van der Waals surface area contributed by atoms with Gasteiger partial charge in [0.05, 0.1) is 17.6 Å². The molecule has 0 aliphatic carbocycles. The highest BCUT2D eigenvalue weighted by Gasteiger charge is 2.08. The van der Waals surface area contributed by atoms with Gasteiger partial charge in [-0.05, 0) is 18.2 Å². The first kappa shape index (κ1) is 12.1. The maximum Gasteiger partial charge on any atom is 0.272 e. The van der Waals surface area contributed by atoms with Crippen LogP contribution in [-0.2, 0) is 6.54 Å². The molecule has 20 heavy (non-hydrogen) atoms. The van der Waals surface area contributed by atoms with E-state index in [4.69, 9.17) is 0 Å². The molecule has 0 spiro atoms. The number of imidazole rings is 1. The van der Waals surface area contributed by atoms with Gasteiger partial charge in [-0.3, -0.25) is 9.59 Å². The molecule has 0 fully saturated rings. The zero-order chi connectivity index (χ0) is 13.9. The van der Waals surface area contributed by atoms with Gasteiger partial charge in [0, 0.05) is 6.07 Å². The summed E-state index contributed by atoms with van der Waals surface area (Å²) in [4.78, 5) is 30.1. The average Bonchev–Trinajstić information content (AvgIpc) is 2.88. The summed E-state index contributed by atoms with van der Waals surface area (Å²) >= 11 is 0. The minimum absolute atomic E-state index is 0.153. The lowest BCUT2D eigenvalue weighted by atomic mass is 10.3. The van der Waals surface area contributed by atoms with Crippen LogP contribution in [0.1, 0.15) is 16.3 Å². The van der Waals surface area contributed by atoms with Gasteiger partial charge in [0.15, 0.2) is 0 Å². The molecule has 0 aliphatic rings. The zero-order valence-electron chi connectivity index (χ0n) is 10.4. The number of benzene rings is 1. The van der Waals surface area contributed by atoms with Crippen LogP contribution in [0.4, 0.5) is 0 Å². The first-order valence-electron chi connectivity index (χ1n) is 6.00. The summed E-state index contributed by atoms with van der Waals surface area (Å²) in [7, 11) is 0. The summed E-state index contributed by atoms with van der Waals surface area (Å²) in [5.41, 5.74) is 1.57. The molecule has 3 rings (SSSR count). The Labute approximate surface area is 113 Å². The summed E-state index contributed by atoms with van der Waals surface area (Å²) in [5, 5.41) is 8.54. The van der Waals surface area contributed by atoms with E-state index in [0.29, 0.717) is 5.82 Å². The van der Waals surface area contributed by atoms with Gasteiger partial charge in [0.1, 0.15) is 11.5 Å². The van der Waals surface area contributed by atoms with Gasteiger partial charge in [-0.25, -0.2) is 10.1 Å². The Balaban J connectivity index is 1.71. The molecule has 0 bridgehead atoms. The fourth-order valence-electron chi connectivity index (χ4n) is 1.81. The van der Waals surface area contributed by atoms with Crippen molar-refractivity contribution in [2.75, 3.05) is 0 Å². The van der Waals surface area contributed by atoms with Crippen LogP contribution in [0.25, 0.3) is 11.0 Å². The monoisotopic (exact) mass is 269 g/mol. The van der Waals surface area contributed by atoms with Gasteiger partial charge in [-0.2, -0.15) is 5.10 Å². The van der Waals surface area contributed by atoms with E-state index in [9.17, 15) is 9.59 Å². The summed E-state index contributed by atoms with van der Waals surface area (Å²) < 4.78 is 0. The number of fused-ring (bicyclic) bond motifs is 1. The van der Waals surface area contributed by atoms with Gasteiger partial charge in [-0.1, -0.05) is 12.1 Å². The Bertz CT molecular complexity index is 767. The molecular formula is C13H11N5O2. The topological polar surface area (TPSA) is 104 Å². The molecule has 2 heterocycles. The molecule has 0 aliphatic heterocycles. The number of hydrogen-bond acceptors (Lipinski definition) is 4. The number of amides is 1. The zero-order valence-corrected chi connectivity index (χ0v) is 10.4. The van der Waals surface area contributed by atoms with E-state index in [-0.39, 0.29) is 23.7 Å². The second kappa shape index (κ2) is 4.96. The summed E-state index contributed by atoms with van der Waals surface area (Å²) in [6.45, 7) is 0.258. The highest BCUT2D eigenvalue weighted by Crippen LogP contribution is 2.09. The van der Waals surface area contributed by atoms with E-state index >= 15 is 0 Å². The number of aromatic nitrogens is 4. The van der Waals surface area contributed by atoms with Crippen LogP contribution in [0.2, 0.25) is 0 Å². The highest BCUT2D eigenvalue weighted by atomic mass is 16.2. The maximum atomic E-state index is 11.8. The van der Waals surface area contributed by atoms with Gasteiger partial charge in [-0.15, -0.1) is 0 Å². The Morgan fingerprint density at radius 1 is 1.20 bits per heavy atom. The Kier molecular flexibility index (Phi) is 3.00. The number of carbonyl (C=O) groups is 1. The molecule has 1 aromatic carbocycles. The predicted octanol–water partition coefficient (Wildman–Crippen LogP) is 0.576. The summed E-state index contributed by atoms with van der Waals surface area (Å²) in [6.07, 6.45) is 0. The molecule has 7 heteroatoms. The lowest BCUT2D eigenvalue weighted by Gasteiger charge is -2.01. The molecule has 0 saturated carbocycles. The van der Waals surface area contributed by atoms with Gasteiger partial charge in [0.25, 0.3) is 11.5 Å². The van der Waals surface area contributed by atoms with Crippen molar-refractivity contribution in [2.45, 2.75) is 6.54 Å². The van der Waals surface area contributed by atoms with Crippen molar-refractivity contribution in [3.05, 3.63) is 58.3 Å². The molecule has 0 atom stereocenters.